The van der Waals surface area contributed by atoms with E-state index in [2.05, 4.69) is 25.8 Å². The highest BCUT2D eigenvalue weighted by Gasteiger charge is 2.43. The lowest BCUT2D eigenvalue weighted by Crippen LogP contribution is -2.06. The van der Waals surface area contributed by atoms with E-state index in [-0.39, 0.29) is 11.2 Å². The third-order valence-corrected chi connectivity index (χ3v) is 2.28. The van der Waals surface area contributed by atoms with Crippen LogP contribution in [0.5, 0.6) is 0 Å². The molecule has 1 aliphatic carbocycles. The Kier molecular flexibility index (Phi) is 1.33. The first-order valence-electron chi connectivity index (χ1n) is 4.15. The predicted octanol–water partition coefficient (Wildman–Crippen LogP) is 2.71. The second-order valence-corrected chi connectivity index (χ2v) is 4.43. The van der Waals surface area contributed by atoms with Gasteiger partial charge in [0.2, 0.25) is 0 Å². The Morgan fingerprint density at radius 2 is 2.08 bits per heavy atom. The maximum absolute atomic E-state index is 12.7. The summed E-state index contributed by atoms with van der Waals surface area (Å²) in [6.07, 6.45) is 1.30. The SMILES string of the molecule is CC(C)(C)C1c2cc(F)cnc21. The van der Waals surface area contributed by atoms with Crippen LogP contribution in [0.3, 0.4) is 0 Å². The summed E-state index contributed by atoms with van der Waals surface area (Å²) in [5, 5.41) is 0. The van der Waals surface area contributed by atoms with Gasteiger partial charge in [0.25, 0.3) is 0 Å². The van der Waals surface area contributed by atoms with Crippen molar-refractivity contribution in [1.82, 2.24) is 4.98 Å². The van der Waals surface area contributed by atoms with Crippen molar-refractivity contribution in [2.24, 2.45) is 5.41 Å². The molecule has 2 heteroatoms. The van der Waals surface area contributed by atoms with Crippen molar-refractivity contribution >= 4 is 0 Å². The normalized spacial score (nSPS) is 20.5. The number of hydrogen-bond acceptors (Lipinski definition) is 1. The van der Waals surface area contributed by atoms with Gasteiger partial charge in [0.1, 0.15) is 5.82 Å². The van der Waals surface area contributed by atoms with Gasteiger partial charge in [-0.05, 0) is 17.0 Å². The molecular formula is C10H12FN. The zero-order valence-electron chi connectivity index (χ0n) is 7.56. The molecule has 0 aliphatic heterocycles. The molecule has 0 saturated carbocycles. The van der Waals surface area contributed by atoms with Gasteiger partial charge in [0, 0.05) is 5.92 Å². The Morgan fingerprint density at radius 3 is 2.58 bits per heavy atom. The van der Waals surface area contributed by atoms with Crippen LogP contribution in [0.15, 0.2) is 12.3 Å². The molecule has 0 fully saturated rings. The first-order chi connectivity index (χ1) is 5.50. The van der Waals surface area contributed by atoms with Crippen molar-refractivity contribution in [2.45, 2.75) is 26.7 Å². The molecule has 1 nitrogen and oxygen atoms in total. The molecule has 0 saturated heterocycles. The van der Waals surface area contributed by atoms with Crippen LogP contribution in [0.25, 0.3) is 0 Å². The van der Waals surface area contributed by atoms with Gasteiger partial charge in [-0.15, -0.1) is 0 Å². The van der Waals surface area contributed by atoms with Crippen molar-refractivity contribution in [3.8, 4) is 0 Å². The minimum absolute atomic E-state index is 0.184. The molecule has 1 aliphatic rings. The molecule has 64 valence electrons. The Morgan fingerprint density at radius 1 is 1.42 bits per heavy atom. The molecule has 0 amide bonds. The third-order valence-electron chi connectivity index (χ3n) is 2.28. The maximum atomic E-state index is 12.7. The molecule has 0 bridgehead atoms. The molecule has 1 unspecified atom stereocenters. The van der Waals surface area contributed by atoms with Crippen molar-refractivity contribution in [1.29, 1.82) is 0 Å². The zero-order valence-corrected chi connectivity index (χ0v) is 7.56. The van der Waals surface area contributed by atoms with E-state index < -0.39 is 0 Å². The smallest absolute Gasteiger partial charge is 0.141 e. The fraction of sp³-hybridized carbons (Fsp3) is 0.500. The fourth-order valence-corrected chi connectivity index (χ4v) is 1.73. The molecule has 1 aromatic heterocycles. The van der Waals surface area contributed by atoms with Crippen molar-refractivity contribution in [3.05, 3.63) is 29.3 Å². The van der Waals surface area contributed by atoms with E-state index in [9.17, 15) is 4.39 Å². The lowest BCUT2D eigenvalue weighted by atomic mass is 9.88. The number of aromatic nitrogens is 1. The van der Waals surface area contributed by atoms with Crippen molar-refractivity contribution < 1.29 is 4.39 Å². The topological polar surface area (TPSA) is 12.9 Å². The van der Waals surface area contributed by atoms with E-state index in [0.29, 0.717) is 5.92 Å². The molecule has 12 heavy (non-hydrogen) atoms. The Bertz CT molecular complexity index is 325. The van der Waals surface area contributed by atoms with E-state index in [1.807, 2.05) is 0 Å². The van der Waals surface area contributed by atoms with Gasteiger partial charge in [-0.3, -0.25) is 4.98 Å². The summed E-state index contributed by atoms with van der Waals surface area (Å²) < 4.78 is 12.7. The summed E-state index contributed by atoms with van der Waals surface area (Å²) in [4.78, 5) is 4.04. The van der Waals surface area contributed by atoms with Crippen LogP contribution in [0.1, 0.15) is 37.9 Å². The lowest BCUT2D eigenvalue weighted by Gasteiger charge is -2.16. The molecule has 1 aromatic rings. The van der Waals surface area contributed by atoms with Crippen molar-refractivity contribution in [3.63, 3.8) is 0 Å². The van der Waals surface area contributed by atoms with Gasteiger partial charge >= 0.3 is 0 Å². The van der Waals surface area contributed by atoms with Crippen molar-refractivity contribution in [2.75, 3.05) is 0 Å². The van der Waals surface area contributed by atoms with Crippen LogP contribution in [0, 0.1) is 11.2 Å². The highest BCUT2D eigenvalue weighted by atomic mass is 19.1. The molecule has 0 N–H and O–H groups in total. The van der Waals surface area contributed by atoms with E-state index in [4.69, 9.17) is 0 Å². The third kappa shape index (κ3) is 1.02. The molecule has 1 heterocycles. The number of nitrogens with zero attached hydrogens (tertiary/aromatic N) is 1. The summed E-state index contributed by atoms with van der Waals surface area (Å²) >= 11 is 0. The van der Waals surface area contributed by atoms with Crippen LogP contribution in [-0.2, 0) is 0 Å². The standard InChI is InChI=1S/C10H12FN/c1-10(2,3)8-7-4-6(11)5-12-9(7)8/h4-5,8H,1-3H3. The summed E-state index contributed by atoms with van der Waals surface area (Å²) in [6, 6.07) is 1.60. The van der Waals surface area contributed by atoms with Crippen LogP contribution in [0.4, 0.5) is 4.39 Å². The Labute approximate surface area is 71.6 Å². The lowest BCUT2D eigenvalue weighted by molar-refractivity contribution is 0.397. The van der Waals surface area contributed by atoms with E-state index in [0.717, 1.165) is 11.3 Å². The molecule has 0 aromatic carbocycles. The number of rotatable bonds is 0. The van der Waals surface area contributed by atoms with Gasteiger partial charge in [-0.25, -0.2) is 4.39 Å². The quantitative estimate of drug-likeness (QED) is 0.576. The van der Waals surface area contributed by atoms with Crippen LogP contribution >= 0.6 is 0 Å². The molecular weight excluding hydrogens is 153 g/mol. The Balaban J connectivity index is 2.33. The second kappa shape index (κ2) is 2.06. The average Bonchev–Trinajstić information content (AvgIpc) is 2.58. The summed E-state index contributed by atoms with van der Waals surface area (Å²) in [5.41, 5.74) is 2.34. The Hall–Kier alpha value is -0.920. The number of hydrogen-bond donors (Lipinski definition) is 0. The fourth-order valence-electron chi connectivity index (χ4n) is 1.73. The molecule has 0 radical (unpaired) electrons. The molecule has 1 atom stereocenters. The predicted molar refractivity (Wildman–Crippen MR) is 45.5 cm³/mol. The van der Waals surface area contributed by atoms with Crippen LogP contribution < -0.4 is 0 Å². The summed E-state index contributed by atoms with van der Waals surface area (Å²) in [6.45, 7) is 6.45. The van der Waals surface area contributed by atoms with Gasteiger partial charge in [-0.2, -0.15) is 0 Å². The number of pyridine rings is 1. The van der Waals surface area contributed by atoms with Gasteiger partial charge in [0.15, 0.2) is 0 Å². The monoisotopic (exact) mass is 165 g/mol. The van der Waals surface area contributed by atoms with Gasteiger partial charge in [0.05, 0.1) is 11.9 Å². The summed E-state index contributed by atoms with van der Waals surface area (Å²) in [5.74, 6) is 0.155. The highest BCUT2D eigenvalue weighted by Crippen LogP contribution is 2.52. The average molecular weight is 165 g/mol. The largest absolute Gasteiger partial charge is 0.257 e. The van der Waals surface area contributed by atoms with E-state index >= 15 is 0 Å². The maximum Gasteiger partial charge on any atom is 0.141 e. The minimum Gasteiger partial charge on any atom is -0.257 e. The molecule has 2 rings (SSSR count). The first-order valence-corrected chi connectivity index (χ1v) is 4.15. The number of halogens is 1. The zero-order chi connectivity index (χ0) is 8.93. The van der Waals surface area contributed by atoms with E-state index in [1.54, 1.807) is 6.07 Å². The second-order valence-electron chi connectivity index (χ2n) is 4.43. The van der Waals surface area contributed by atoms with Crippen LogP contribution in [-0.4, -0.2) is 4.98 Å². The number of fused-ring (bicyclic) bond motifs is 1. The van der Waals surface area contributed by atoms with Gasteiger partial charge in [-0.1, -0.05) is 20.8 Å². The van der Waals surface area contributed by atoms with E-state index in [1.165, 1.54) is 6.20 Å². The highest BCUT2D eigenvalue weighted by molar-refractivity contribution is 5.49. The molecule has 0 spiro atoms. The first kappa shape index (κ1) is 7.71. The van der Waals surface area contributed by atoms with Crippen LogP contribution in [0.2, 0.25) is 0 Å². The van der Waals surface area contributed by atoms with Gasteiger partial charge < -0.3 is 0 Å². The summed E-state index contributed by atoms with van der Waals surface area (Å²) in [7, 11) is 0. The minimum atomic E-state index is -0.222.